The van der Waals surface area contributed by atoms with Crippen molar-refractivity contribution in [3.8, 4) is 0 Å². The molecule has 0 fully saturated rings. The molecule has 2 N–H and O–H groups in total. The molecule has 3 aromatic rings. The minimum Gasteiger partial charge on any atom is -0.375 e. The highest BCUT2D eigenvalue weighted by Gasteiger charge is 2.52. The van der Waals surface area contributed by atoms with E-state index >= 15 is 0 Å². The van der Waals surface area contributed by atoms with Crippen LogP contribution in [0.4, 0.5) is 13.2 Å². The maximum Gasteiger partial charge on any atom is 0.422 e. The molecule has 154 valence electrons. The Balaban J connectivity index is 1.85. The summed E-state index contributed by atoms with van der Waals surface area (Å²) in [6.45, 7) is 4.40. The Morgan fingerprint density at radius 3 is 2.52 bits per heavy atom. The predicted octanol–water partition coefficient (Wildman–Crippen LogP) is 3.54. The number of pyridine rings is 1. The SMILES string of the molecule is Cc1c(C(C)NC(=O)c2ccc3nc(C(C)(O)C(F)(F)F)ccc3c2)cnn1C. The average molecular weight is 406 g/mol. The van der Waals surface area contributed by atoms with Gasteiger partial charge in [0.05, 0.1) is 23.4 Å². The monoisotopic (exact) mass is 406 g/mol. The Morgan fingerprint density at radius 1 is 1.24 bits per heavy atom. The van der Waals surface area contributed by atoms with Gasteiger partial charge >= 0.3 is 6.18 Å². The van der Waals surface area contributed by atoms with E-state index in [1.807, 2.05) is 20.9 Å². The first kappa shape index (κ1) is 20.8. The van der Waals surface area contributed by atoms with Crippen LogP contribution in [0.25, 0.3) is 10.9 Å². The Labute approximate surface area is 165 Å². The molecule has 2 heterocycles. The van der Waals surface area contributed by atoms with Gasteiger partial charge in [0.2, 0.25) is 0 Å². The number of nitrogens with one attached hydrogen (secondary N) is 1. The summed E-state index contributed by atoms with van der Waals surface area (Å²) >= 11 is 0. The molecular weight excluding hydrogens is 385 g/mol. The summed E-state index contributed by atoms with van der Waals surface area (Å²) in [7, 11) is 1.81. The highest BCUT2D eigenvalue weighted by molar-refractivity contribution is 5.98. The summed E-state index contributed by atoms with van der Waals surface area (Å²) in [5.74, 6) is -0.325. The summed E-state index contributed by atoms with van der Waals surface area (Å²) < 4.78 is 40.8. The third-order valence-electron chi connectivity index (χ3n) is 5.09. The second-order valence-corrected chi connectivity index (χ2v) is 7.18. The molecular formula is C20H21F3N4O2. The van der Waals surface area contributed by atoms with E-state index in [-0.39, 0.29) is 17.5 Å². The van der Waals surface area contributed by atoms with Crippen molar-refractivity contribution in [3.63, 3.8) is 0 Å². The summed E-state index contributed by atoms with van der Waals surface area (Å²) in [5.41, 5.74) is -1.14. The van der Waals surface area contributed by atoms with Crippen LogP contribution in [0.15, 0.2) is 36.5 Å². The zero-order valence-corrected chi connectivity index (χ0v) is 16.4. The van der Waals surface area contributed by atoms with Gasteiger partial charge in [-0.1, -0.05) is 6.07 Å². The lowest BCUT2D eigenvalue weighted by atomic mass is 9.99. The van der Waals surface area contributed by atoms with Crippen LogP contribution < -0.4 is 5.32 Å². The molecule has 2 aromatic heterocycles. The first-order chi connectivity index (χ1) is 13.4. The van der Waals surface area contributed by atoms with E-state index in [0.29, 0.717) is 17.9 Å². The number of benzene rings is 1. The molecule has 1 amide bonds. The smallest absolute Gasteiger partial charge is 0.375 e. The first-order valence-electron chi connectivity index (χ1n) is 8.91. The number of fused-ring (bicyclic) bond motifs is 1. The normalized spacial score (nSPS) is 15.2. The van der Waals surface area contributed by atoms with E-state index in [0.717, 1.165) is 17.3 Å². The number of carbonyl (C=O) groups excluding carboxylic acids is 1. The number of nitrogens with zero attached hydrogens (tertiary/aromatic N) is 3. The van der Waals surface area contributed by atoms with Gasteiger partial charge in [0.1, 0.15) is 0 Å². The zero-order valence-electron chi connectivity index (χ0n) is 16.4. The molecule has 2 unspecified atom stereocenters. The van der Waals surface area contributed by atoms with Crippen LogP contribution in [-0.4, -0.2) is 32.0 Å². The number of alkyl halides is 3. The fraction of sp³-hybridized carbons (Fsp3) is 0.350. The van der Waals surface area contributed by atoms with Crippen molar-refractivity contribution in [1.29, 1.82) is 0 Å². The lowest BCUT2D eigenvalue weighted by molar-refractivity contribution is -0.260. The van der Waals surface area contributed by atoms with E-state index in [1.165, 1.54) is 18.2 Å². The summed E-state index contributed by atoms with van der Waals surface area (Å²) in [6, 6.07) is 6.74. The molecule has 0 aliphatic carbocycles. The van der Waals surface area contributed by atoms with Gasteiger partial charge in [-0.25, -0.2) is 4.98 Å². The summed E-state index contributed by atoms with van der Waals surface area (Å²) in [6.07, 6.45) is -3.16. The standard InChI is InChI=1S/C20H21F3N4O2/c1-11(15-10-24-27(4)12(15)2)25-18(28)14-5-7-16-13(9-14)6-8-17(26-16)19(3,29)20(21,22)23/h5-11,29H,1-4H3,(H,25,28). The van der Waals surface area contributed by atoms with Crippen LogP contribution >= 0.6 is 0 Å². The van der Waals surface area contributed by atoms with Gasteiger partial charge in [-0.2, -0.15) is 18.3 Å². The Hall–Kier alpha value is -2.94. The number of aliphatic hydroxyl groups is 1. The molecule has 1 aromatic carbocycles. The van der Waals surface area contributed by atoms with Gasteiger partial charge in [-0.3, -0.25) is 9.48 Å². The molecule has 0 bridgehead atoms. The number of aromatic nitrogens is 3. The van der Waals surface area contributed by atoms with Gasteiger partial charge in [-0.05, 0) is 45.0 Å². The molecule has 0 spiro atoms. The van der Waals surface area contributed by atoms with Crippen molar-refractivity contribution in [2.45, 2.75) is 38.6 Å². The van der Waals surface area contributed by atoms with Gasteiger partial charge in [0.15, 0.2) is 5.60 Å². The predicted molar refractivity (Wildman–Crippen MR) is 101 cm³/mol. The van der Waals surface area contributed by atoms with E-state index in [9.17, 15) is 23.1 Å². The van der Waals surface area contributed by atoms with Crippen molar-refractivity contribution < 1.29 is 23.1 Å². The van der Waals surface area contributed by atoms with Crippen LogP contribution in [0.2, 0.25) is 0 Å². The lowest BCUT2D eigenvalue weighted by Crippen LogP contribution is -2.39. The average Bonchev–Trinajstić information content (AvgIpc) is 2.98. The lowest BCUT2D eigenvalue weighted by Gasteiger charge is -2.25. The number of hydrogen-bond acceptors (Lipinski definition) is 4. The highest BCUT2D eigenvalue weighted by atomic mass is 19.4. The quantitative estimate of drug-likeness (QED) is 0.695. The number of rotatable bonds is 4. The fourth-order valence-electron chi connectivity index (χ4n) is 2.98. The molecule has 0 aliphatic heterocycles. The largest absolute Gasteiger partial charge is 0.422 e. The van der Waals surface area contributed by atoms with Gasteiger partial charge in [0.25, 0.3) is 5.91 Å². The Kier molecular flexibility index (Phi) is 5.12. The van der Waals surface area contributed by atoms with E-state index in [4.69, 9.17) is 0 Å². The molecule has 0 saturated carbocycles. The number of amides is 1. The fourth-order valence-corrected chi connectivity index (χ4v) is 2.98. The first-order valence-corrected chi connectivity index (χ1v) is 8.91. The summed E-state index contributed by atoms with van der Waals surface area (Å²) in [5, 5.41) is 17.3. The van der Waals surface area contributed by atoms with Crippen molar-refractivity contribution in [1.82, 2.24) is 20.1 Å². The number of carbonyl (C=O) groups is 1. The number of aryl methyl sites for hydroxylation is 1. The van der Waals surface area contributed by atoms with Crippen molar-refractivity contribution >= 4 is 16.8 Å². The molecule has 6 nitrogen and oxygen atoms in total. The van der Waals surface area contributed by atoms with Crippen LogP contribution in [0.3, 0.4) is 0 Å². The molecule has 2 atom stereocenters. The second-order valence-electron chi connectivity index (χ2n) is 7.18. The maximum absolute atomic E-state index is 13.0. The molecule has 0 saturated heterocycles. The van der Waals surface area contributed by atoms with Crippen LogP contribution in [0.5, 0.6) is 0 Å². The number of hydrogen-bond donors (Lipinski definition) is 2. The highest BCUT2D eigenvalue weighted by Crippen LogP contribution is 2.38. The van der Waals surface area contributed by atoms with E-state index in [1.54, 1.807) is 16.9 Å². The van der Waals surface area contributed by atoms with Crippen molar-refractivity contribution in [3.05, 3.63) is 59.0 Å². The van der Waals surface area contributed by atoms with Gasteiger partial charge in [0, 0.05) is 29.3 Å². The molecule has 9 heteroatoms. The minimum absolute atomic E-state index is 0.250. The maximum atomic E-state index is 13.0. The number of halogens is 3. The van der Waals surface area contributed by atoms with E-state index < -0.39 is 17.5 Å². The zero-order chi connectivity index (χ0) is 21.6. The Morgan fingerprint density at radius 2 is 1.93 bits per heavy atom. The molecule has 3 rings (SSSR count). The third-order valence-corrected chi connectivity index (χ3v) is 5.09. The van der Waals surface area contributed by atoms with Crippen molar-refractivity contribution in [2.75, 3.05) is 0 Å². The van der Waals surface area contributed by atoms with Crippen molar-refractivity contribution in [2.24, 2.45) is 7.05 Å². The van der Waals surface area contributed by atoms with Crippen LogP contribution in [0.1, 0.15) is 47.2 Å². The Bertz CT molecular complexity index is 1070. The molecule has 0 radical (unpaired) electrons. The van der Waals surface area contributed by atoms with Crippen LogP contribution in [-0.2, 0) is 12.6 Å². The van der Waals surface area contributed by atoms with Crippen LogP contribution in [0, 0.1) is 6.92 Å². The molecule has 29 heavy (non-hydrogen) atoms. The van der Waals surface area contributed by atoms with Gasteiger partial charge in [-0.15, -0.1) is 0 Å². The minimum atomic E-state index is -4.85. The summed E-state index contributed by atoms with van der Waals surface area (Å²) in [4.78, 5) is 16.5. The van der Waals surface area contributed by atoms with E-state index in [2.05, 4.69) is 15.4 Å². The second kappa shape index (κ2) is 7.14. The topological polar surface area (TPSA) is 80.0 Å². The third kappa shape index (κ3) is 3.82. The van der Waals surface area contributed by atoms with Gasteiger partial charge < -0.3 is 10.4 Å². The molecule has 0 aliphatic rings.